The van der Waals surface area contributed by atoms with Gasteiger partial charge in [0, 0.05) is 18.1 Å². The molecule has 0 fully saturated rings. The van der Waals surface area contributed by atoms with E-state index >= 15 is 0 Å². The van der Waals surface area contributed by atoms with Crippen molar-refractivity contribution < 1.29 is 14.2 Å². The summed E-state index contributed by atoms with van der Waals surface area (Å²) in [4.78, 5) is 13.4. The van der Waals surface area contributed by atoms with E-state index in [9.17, 15) is 4.79 Å². The Morgan fingerprint density at radius 1 is 1.45 bits per heavy atom. The number of carbonyl (C=O) groups is 1. The van der Waals surface area contributed by atoms with Crippen LogP contribution in [0.5, 0.6) is 0 Å². The van der Waals surface area contributed by atoms with E-state index in [1.807, 2.05) is 0 Å². The molecule has 0 saturated carbocycles. The standard InChI is InChI=1S/C17H21N3O2/c1-12-10-16(19-22-12)18-17(21)11-20(2)15-9-5-7-13-6-3-4-8-14(13)15/h3-4,6,8,10,15H,5,7,9,11H2,1-2H3,(H,18,19,21)/p+1/t15-/m1/s1. The molecule has 1 aliphatic rings. The molecule has 0 saturated heterocycles. The van der Waals surface area contributed by atoms with Crippen LogP contribution in [0.1, 0.15) is 35.8 Å². The summed E-state index contributed by atoms with van der Waals surface area (Å²) in [6.45, 7) is 2.23. The predicted molar refractivity (Wildman–Crippen MR) is 83.7 cm³/mol. The van der Waals surface area contributed by atoms with Crippen LogP contribution in [0.3, 0.4) is 0 Å². The van der Waals surface area contributed by atoms with Gasteiger partial charge in [-0.25, -0.2) is 0 Å². The fraction of sp³-hybridized carbons (Fsp3) is 0.412. The molecule has 1 aliphatic carbocycles. The Balaban J connectivity index is 1.65. The Labute approximate surface area is 130 Å². The SMILES string of the molecule is Cc1cc(NC(=O)C[NH+](C)[C@@H]2CCCc3ccccc32)no1. The lowest BCUT2D eigenvalue weighted by Crippen LogP contribution is -3.10. The van der Waals surface area contributed by atoms with Gasteiger partial charge in [0.05, 0.1) is 7.05 Å². The number of likely N-dealkylation sites (N-methyl/N-ethyl adjacent to an activating group) is 1. The number of rotatable bonds is 4. The highest BCUT2D eigenvalue weighted by atomic mass is 16.5. The summed E-state index contributed by atoms with van der Waals surface area (Å²) in [5, 5.41) is 6.59. The van der Waals surface area contributed by atoms with Crippen LogP contribution in [0.25, 0.3) is 0 Å². The first-order valence-electron chi connectivity index (χ1n) is 7.77. The number of hydrogen-bond acceptors (Lipinski definition) is 3. The average Bonchev–Trinajstić information content (AvgIpc) is 2.91. The maximum Gasteiger partial charge on any atom is 0.280 e. The molecule has 2 aromatic rings. The summed E-state index contributed by atoms with van der Waals surface area (Å²) in [5.41, 5.74) is 2.81. The Kier molecular flexibility index (Phi) is 4.24. The summed E-state index contributed by atoms with van der Waals surface area (Å²) in [5.74, 6) is 1.14. The highest BCUT2D eigenvalue weighted by Gasteiger charge is 2.28. The molecule has 2 atom stereocenters. The first-order chi connectivity index (χ1) is 10.6. The van der Waals surface area contributed by atoms with Crippen LogP contribution in [0.2, 0.25) is 0 Å². The maximum absolute atomic E-state index is 12.2. The lowest BCUT2D eigenvalue weighted by molar-refractivity contribution is -0.905. The highest BCUT2D eigenvalue weighted by Crippen LogP contribution is 2.27. The van der Waals surface area contributed by atoms with Crippen LogP contribution < -0.4 is 10.2 Å². The molecular formula is C17H22N3O2+. The quantitative estimate of drug-likeness (QED) is 0.900. The average molecular weight is 300 g/mol. The second kappa shape index (κ2) is 6.32. The van der Waals surface area contributed by atoms with Crippen molar-refractivity contribution in [3.8, 4) is 0 Å². The van der Waals surface area contributed by atoms with E-state index in [4.69, 9.17) is 4.52 Å². The van der Waals surface area contributed by atoms with E-state index in [1.54, 1.807) is 13.0 Å². The lowest BCUT2D eigenvalue weighted by atomic mass is 9.87. The molecule has 2 N–H and O–H groups in total. The molecular weight excluding hydrogens is 278 g/mol. The number of aromatic nitrogens is 1. The number of nitrogens with zero attached hydrogens (tertiary/aromatic N) is 1. The van der Waals surface area contributed by atoms with E-state index in [0.29, 0.717) is 24.2 Å². The summed E-state index contributed by atoms with van der Waals surface area (Å²) < 4.78 is 4.96. The number of benzene rings is 1. The minimum atomic E-state index is -0.0335. The maximum atomic E-state index is 12.2. The van der Waals surface area contributed by atoms with Crippen molar-refractivity contribution in [2.45, 2.75) is 32.2 Å². The first-order valence-corrected chi connectivity index (χ1v) is 7.77. The number of nitrogens with one attached hydrogen (secondary N) is 2. The van der Waals surface area contributed by atoms with Crippen LogP contribution in [0.4, 0.5) is 5.82 Å². The summed E-state index contributed by atoms with van der Waals surface area (Å²) >= 11 is 0. The fourth-order valence-electron chi connectivity index (χ4n) is 3.25. The molecule has 1 heterocycles. The number of aryl methyl sites for hydroxylation is 2. The zero-order valence-corrected chi connectivity index (χ0v) is 13.1. The van der Waals surface area contributed by atoms with Crippen LogP contribution in [0.15, 0.2) is 34.9 Å². The van der Waals surface area contributed by atoms with Gasteiger partial charge in [-0.05, 0) is 25.3 Å². The summed E-state index contributed by atoms with van der Waals surface area (Å²) in [7, 11) is 2.08. The van der Waals surface area contributed by atoms with Gasteiger partial charge in [-0.3, -0.25) is 4.79 Å². The van der Waals surface area contributed by atoms with Crippen molar-refractivity contribution in [2.75, 3.05) is 18.9 Å². The molecule has 0 spiro atoms. The van der Waals surface area contributed by atoms with Gasteiger partial charge in [-0.15, -0.1) is 0 Å². The molecule has 1 amide bonds. The third kappa shape index (κ3) is 3.20. The zero-order chi connectivity index (χ0) is 15.5. The second-order valence-corrected chi connectivity index (χ2v) is 6.04. The van der Waals surface area contributed by atoms with Gasteiger partial charge in [-0.2, -0.15) is 0 Å². The van der Waals surface area contributed by atoms with Gasteiger partial charge in [-0.1, -0.05) is 29.4 Å². The van der Waals surface area contributed by atoms with Gasteiger partial charge >= 0.3 is 0 Å². The minimum absolute atomic E-state index is 0.0335. The fourth-order valence-corrected chi connectivity index (χ4v) is 3.25. The smallest absolute Gasteiger partial charge is 0.280 e. The molecule has 0 aliphatic heterocycles. The molecule has 0 radical (unpaired) electrons. The van der Waals surface area contributed by atoms with E-state index in [0.717, 1.165) is 12.8 Å². The Morgan fingerprint density at radius 2 is 2.27 bits per heavy atom. The topological polar surface area (TPSA) is 59.6 Å². The molecule has 5 heteroatoms. The third-order valence-corrected chi connectivity index (χ3v) is 4.30. The third-order valence-electron chi connectivity index (χ3n) is 4.30. The van der Waals surface area contributed by atoms with Crippen LogP contribution in [0, 0.1) is 6.92 Å². The highest BCUT2D eigenvalue weighted by molar-refractivity contribution is 5.90. The van der Waals surface area contributed by atoms with Gasteiger partial charge < -0.3 is 14.7 Å². The van der Waals surface area contributed by atoms with Crippen molar-refractivity contribution in [1.82, 2.24) is 5.16 Å². The lowest BCUT2D eigenvalue weighted by Gasteiger charge is -2.30. The largest absolute Gasteiger partial charge is 0.360 e. The van der Waals surface area contributed by atoms with Gasteiger partial charge in [0.1, 0.15) is 11.8 Å². The normalized spacial score (nSPS) is 18.5. The molecule has 5 nitrogen and oxygen atoms in total. The zero-order valence-electron chi connectivity index (χ0n) is 13.1. The van der Waals surface area contributed by atoms with Gasteiger partial charge in [0.15, 0.2) is 12.4 Å². The molecule has 1 unspecified atom stereocenters. The van der Waals surface area contributed by atoms with Crippen molar-refractivity contribution in [2.24, 2.45) is 0 Å². The minimum Gasteiger partial charge on any atom is -0.360 e. The Bertz CT molecular complexity index is 665. The Hall–Kier alpha value is -2.14. The van der Waals surface area contributed by atoms with Crippen molar-refractivity contribution in [1.29, 1.82) is 0 Å². The van der Waals surface area contributed by atoms with Crippen molar-refractivity contribution in [3.05, 3.63) is 47.2 Å². The van der Waals surface area contributed by atoms with E-state index in [1.165, 1.54) is 22.4 Å². The van der Waals surface area contributed by atoms with Gasteiger partial charge in [0.25, 0.3) is 5.91 Å². The number of amides is 1. The van der Waals surface area contributed by atoms with E-state index in [2.05, 4.69) is 41.8 Å². The molecule has 0 bridgehead atoms. The number of fused-ring (bicyclic) bond motifs is 1. The van der Waals surface area contributed by atoms with Crippen LogP contribution >= 0.6 is 0 Å². The Morgan fingerprint density at radius 3 is 3.05 bits per heavy atom. The predicted octanol–water partition coefficient (Wildman–Crippen LogP) is 1.51. The molecule has 116 valence electrons. The van der Waals surface area contributed by atoms with E-state index < -0.39 is 0 Å². The van der Waals surface area contributed by atoms with Crippen molar-refractivity contribution >= 4 is 11.7 Å². The van der Waals surface area contributed by atoms with Crippen molar-refractivity contribution in [3.63, 3.8) is 0 Å². The second-order valence-electron chi connectivity index (χ2n) is 6.04. The number of quaternary nitrogens is 1. The van der Waals surface area contributed by atoms with Crippen LogP contribution in [-0.4, -0.2) is 24.7 Å². The number of anilines is 1. The van der Waals surface area contributed by atoms with Gasteiger partial charge in [0.2, 0.25) is 0 Å². The summed E-state index contributed by atoms with van der Waals surface area (Å²) in [6.07, 6.45) is 3.45. The van der Waals surface area contributed by atoms with E-state index in [-0.39, 0.29) is 5.91 Å². The molecule has 22 heavy (non-hydrogen) atoms. The number of carbonyl (C=O) groups excluding carboxylic acids is 1. The molecule has 1 aromatic carbocycles. The summed E-state index contributed by atoms with van der Waals surface area (Å²) in [6, 6.07) is 10.7. The van der Waals surface area contributed by atoms with Crippen LogP contribution in [-0.2, 0) is 11.2 Å². The monoisotopic (exact) mass is 300 g/mol. The number of hydrogen-bond donors (Lipinski definition) is 2. The first kappa shape index (κ1) is 14.8. The molecule has 1 aromatic heterocycles. The molecule has 3 rings (SSSR count).